The number of ether oxygens (including phenoxy) is 1. The summed E-state index contributed by atoms with van der Waals surface area (Å²) < 4.78 is 16.0. The summed E-state index contributed by atoms with van der Waals surface area (Å²) in [7, 11) is 1.40. The van der Waals surface area contributed by atoms with Crippen molar-refractivity contribution < 1.29 is 23.8 Å². The summed E-state index contributed by atoms with van der Waals surface area (Å²) >= 11 is 0. The zero-order valence-electron chi connectivity index (χ0n) is 13.3. The highest BCUT2D eigenvalue weighted by Gasteiger charge is 2.25. The van der Waals surface area contributed by atoms with Gasteiger partial charge in [-0.25, -0.2) is 9.59 Å². The van der Waals surface area contributed by atoms with Crippen LogP contribution in [0.25, 0.3) is 43.5 Å². The van der Waals surface area contributed by atoms with Crippen LogP contribution in [0.15, 0.2) is 48.8 Å². The van der Waals surface area contributed by atoms with Gasteiger partial charge in [0.1, 0.15) is 33.6 Å². The molecule has 0 aliphatic rings. The Balaban J connectivity index is 2.30. The van der Waals surface area contributed by atoms with Crippen LogP contribution >= 0.6 is 0 Å². The van der Waals surface area contributed by atoms with Crippen LogP contribution in [0.1, 0.15) is 0 Å². The van der Waals surface area contributed by atoms with Crippen molar-refractivity contribution in [1.82, 2.24) is 0 Å². The van der Waals surface area contributed by atoms with Gasteiger partial charge in [0, 0.05) is 16.2 Å². The van der Waals surface area contributed by atoms with Crippen LogP contribution < -0.4 is 16.0 Å². The van der Waals surface area contributed by atoms with Crippen molar-refractivity contribution in [3.8, 4) is 17.2 Å². The topological polar surface area (TPSA) is 110 Å². The predicted molar refractivity (Wildman–Crippen MR) is 94.6 cm³/mol. The lowest BCUT2D eigenvalue weighted by molar-refractivity contribution is 0.417. The third-order valence-corrected chi connectivity index (χ3v) is 4.64. The number of phenols is 2. The smallest absolute Gasteiger partial charge is 0.348 e. The Kier molecular flexibility index (Phi) is 2.62. The fourth-order valence-electron chi connectivity index (χ4n) is 3.57. The van der Waals surface area contributed by atoms with Gasteiger partial charge < -0.3 is 23.8 Å². The number of benzene rings is 3. The monoisotopic (exact) mass is 350 g/mol. The highest BCUT2D eigenvalue weighted by molar-refractivity contribution is 6.29. The molecule has 0 radical (unpaired) electrons. The van der Waals surface area contributed by atoms with Crippen molar-refractivity contribution in [2.24, 2.45) is 0 Å². The molecule has 0 atom stereocenters. The Labute approximate surface area is 143 Å². The maximum atomic E-state index is 12.7. The van der Waals surface area contributed by atoms with Gasteiger partial charge in [0.2, 0.25) is 0 Å². The number of hydrogen-bond acceptors (Lipinski definition) is 7. The summed E-state index contributed by atoms with van der Waals surface area (Å²) in [5.74, 6) is -0.285. The second-order valence-corrected chi connectivity index (χ2v) is 5.92. The molecule has 26 heavy (non-hydrogen) atoms. The maximum absolute atomic E-state index is 12.7. The van der Waals surface area contributed by atoms with E-state index in [1.807, 2.05) is 0 Å². The molecule has 3 aromatic carbocycles. The van der Waals surface area contributed by atoms with Gasteiger partial charge in [-0.15, -0.1) is 0 Å². The van der Waals surface area contributed by atoms with Gasteiger partial charge in [0.25, 0.3) is 0 Å². The third kappa shape index (κ3) is 1.57. The summed E-state index contributed by atoms with van der Waals surface area (Å²) in [6.45, 7) is 0. The van der Waals surface area contributed by atoms with E-state index in [1.54, 1.807) is 0 Å². The van der Waals surface area contributed by atoms with Gasteiger partial charge in [0.05, 0.1) is 12.5 Å². The van der Waals surface area contributed by atoms with Gasteiger partial charge in [0.15, 0.2) is 5.58 Å². The first kappa shape index (κ1) is 14.6. The van der Waals surface area contributed by atoms with Crippen molar-refractivity contribution in [1.29, 1.82) is 0 Å². The second-order valence-electron chi connectivity index (χ2n) is 5.92. The molecule has 2 aromatic heterocycles. The number of methoxy groups -OCH3 is 1. The molecule has 0 spiro atoms. The molecule has 2 N–H and O–H groups in total. The molecule has 0 saturated heterocycles. The van der Waals surface area contributed by atoms with Gasteiger partial charge in [-0.2, -0.15) is 0 Å². The van der Waals surface area contributed by atoms with E-state index in [4.69, 9.17) is 13.6 Å². The molecule has 5 aromatic rings. The van der Waals surface area contributed by atoms with Crippen molar-refractivity contribution in [3.63, 3.8) is 0 Å². The van der Waals surface area contributed by atoms with E-state index in [0.29, 0.717) is 5.39 Å². The van der Waals surface area contributed by atoms with Crippen molar-refractivity contribution in [2.45, 2.75) is 0 Å². The lowest BCUT2D eigenvalue weighted by Crippen LogP contribution is -2.08. The van der Waals surface area contributed by atoms with E-state index in [0.717, 1.165) is 0 Å². The Morgan fingerprint density at radius 2 is 1.62 bits per heavy atom. The quantitative estimate of drug-likeness (QED) is 0.271. The van der Waals surface area contributed by atoms with Crippen molar-refractivity contribution in [2.75, 3.05) is 7.11 Å². The lowest BCUT2D eigenvalue weighted by Gasteiger charge is -2.13. The Morgan fingerprint density at radius 1 is 0.846 bits per heavy atom. The average molecular weight is 350 g/mol. The van der Waals surface area contributed by atoms with Gasteiger partial charge >= 0.3 is 11.3 Å². The third-order valence-electron chi connectivity index (χ3n) is 4.64. The minimum atomic E-state index is -0.773. The molecule has 0 aliphatic heterocycles. The minimum absolute atomic E-state index is 0.00885. The Bertz CT molecular complexity index is 1470. The van der Waals surface area contributed by atoms with Crippen molar-refractivity contribution in [3.05, 3.63) is 51.2 Å². The predicted octanol–water partition coefficient (Wildman–Crippen LogP) is 3.06. The van der Waals surface area contributed by atoms with E-state index in [2.05, 4.69) is 0 Å². The first-order chi connectivity index (χ1) is 12.5. The molecule has 7 heteroatoms. The molecule has 0 unspecified atom stereocenters. The zero-order chi connectivity index (χ0) is 18.2. The molecule has 128 valence electrons. The summed E-state index contributed by atoms with van der Waals surface area (Å²) in [5.41, 5.74) is -1.31. The number of aromatic hydroxyl groups is 2. The maximum Gasteiger partial charge on any atom is 0.348 e. The van der Waals surface area contributed by atoms with Crippen molar-refractivity contribution >= 4 is 43.5 Å². The molecular formula is C19H10O7. The normalized spacial score (nSPS) is 11.9. The second kappa shape index (κ2) is 4.66. The molecular weight excluding hydrogens is 340 g/mol. The van der Waals surface area contributed by atoms with Gasteiger partial charge in [-0.05, 0) is 18.2 Å². The van der Waals surface area contributed by atoms with E-state index in [9.17, 15) is 19.8 Å². The summed E-state index contributed by atoms with van der Waals surface area (Å²) in [4.78, 5) is 25.2. The molecule has 0 amide bonds. The number of hydrogen-bond donors (Lipinski definition) is 2. The highest BCUT2D eigenvalue weighted by atomic mass is 16.5. The van der Waals surface area contributed by atoms with E-state index < -0.39 is 11.3 Å². The van der Waals surface area contributed by atoms with E-state index >= 15 is 0 Å². The molecule has 0 bridgehead atoms. The van der Waals surface area contributed by atoms with Crippen LogP contribution in [0.2, 0.25) is 0 Å². The molecule has 0 saturated carbocycles. The molecule has 2 heterocycles. The van der Waals surface area contributed by atoms with Crippen LogP contribution in [-0.4, -0.2) is 17.3 Å². The fraction of sp³-hybridized carbons (Fsp3) is 0.0526. The van der Waals surface area contributed by atoms with Crippen LogP contribution in [0, 0.1) is 0 Å². The summed E-state index contributed by atoms with van der Waals surface area (Å²) in [6.07, 6.45) is 0. The molecule has 7 nitrogen and oxygen atoms in total. The van der Waals surface area contributed by atoms with Crippen LogP contribution in [0.4, 0.5) is 0 Å². The molecule has 0 aliphatic carbocycles. The van der Waals surface area contributed by atoms with Crippen LogP contribution in [-0.2, 0) is 0 Å². The van der Waals surface area contributed by atoms with E-state index in [-0.39, 0.29) is 55.3 Å². The number of phenolic OH excluding ortho intramolecular Hbond substituents is 2. The van der Waals surface area contributed by atoms with Crippen LogP contribution in [0.5, 0.6) is 17.2 Å². The fourth-order valence-corrected chi connectivity index (χ4v) is 3.57. The minimum Gasteiger partial charge on any atom is -0.507 e. The summed E-state index contributed by atoms with van der Waals surface area (Å²) in [5, 5.41) is 21.8. The Hall–Kier alpha value is -3.74. The zero-order valence-corrected chi connectivity index (χ0v) is 13.3. The van der Waals surface area contributed by atoms with Crippen LogP contribution in [0.3, 0.4) is 0 Å². The summed E-state index contributed by atoms with van der Waals surface area (Å²) in [6, 6.07) is 7.43. The SMILES string of the molecule is COc1ccc2oc(=O)c3c(O)c4cccc(O)c4c4oc(=O)c1c2c34. The standard InChI is InChI=1S/C19H10O7/c1-24-9-5-6-10-12-13(9)18(22)26-17-11-7(3-2-4-8(11)20)16(21)15(14(12)17)19(23)25-10/h2-6,20-21H,1H3. The Morgan fingerprint density at radius 3 is 2.38 bits per heavy atom. The largest absolute Gasteiger partial charge is 0.507 e. The van der Waals surface area contributed by atoms with Gasteiger partial charge in [-0.1, -0.05) is 12.1 Å². The lowest BCUT2D eigenvalue weighted by atomic mass is 9.97. The van der Waals surface area contributed by atoms with Gasteiger partial charge in [-0.3, -0.25) is 0 Å². The first-order valence-corrected chi connectivity index (χ1v) is 7.69. The molecule has 0 fully saturated rings. The highest BCUT2D eigenvalue weighted by Crippen LogP contribution is 2.44. The first-order valence-electron chi connectivity index (χ1n) is 7.69. The number of rotatable bonds is 1. The van der Waals surface area contributed by atoms with E-state index in [1.165, 1.54) is 37.4 Å². The average Bonchev–Trinajstić information content (AvgIpc) is 2.63. The molecule has 5 rings (SSSR count). The number of fused-ring (bicyclic) bond motifs is 2.